The molecule has 4 aliphatic carbocycles. The van der Waals surface area contributed by atoms with Gasteiger partial charge in [0.2, 0.25) is 0 Å². The molecule has 0 amide bonds. The summed E-state index contributed by atoms with van der Waals surface area (Å²) >= 11 is 0. The normalized spacial score (nSPS) is 46.9. The zero-order chi connectivity index (χ0) is 19.4. The molecule has 27 heavy (non-hydrogen) atoms. The van der Waals surface area contributed by atoms with Crippen LogP contribution in [0.25, 0.3) is 0 Å². The van der Waals surface area contributed by atoms with E-state index in [1.54, 1.807) is 0 Å². The first kappa shape index (κ1) is 19.5. The highest BCUT2D eigenvalue weighted by molar-refractivity contribution is 5.85. The first-order chi connectivity index (χ1) is 12.7. The fraction of sp³-hybridized carbons (Fsp3) is 0.808. The predicted molar refractivity (Wildman–Crippen MR) is 117 cm³/mol. The van der Waals surface area contributed by atoms with Gasteiger partial charge in [0.1, 0.15) is 0 Å². The Morgan fingerprint density at radius 3 is 2.52 bits per heavy atom. The maximum Gasteiger partial charge on any atom is 0.0593 e. The number of rotatable bonds is 3. The van der Waals surface area contributed by atoms with Crippen LogP contribution >= 0.6 is 0 Å². The molecular weight excluding hydrogens is 326 g/mol. The van der Waals surface area contributed by atoms with E-state index in [0.717, 1.165) is 18.4 Å². The van der Waals surface area contributed by atoms with Crippen molar-refractivity contribution in [1.29, 1.82) is 0 Å². The summed E-state index contributed by atoms with van der Waals surface area (Å²) in [4.78, 5) is 4.96. The highest BCUT2D eigenvalue weighted by atomic mass is 14.8. The molecule has 0 aromatic carbocycles. The van der Waals surface area contributed by atoms with Crippen molar-refractivity contribution >= 4 is 5.71 Å². The summed E-state index contributed by atoms with van der Waals surface area (Å²) in [6.45, 7) is 17.2. The van der Waals surface area contributed by atoms with Gasteiger partial charge in [-0.3, -0.25) is 4.99 Å². The molecule has 0 spiro atoms. The van der Waals surface area contributed by atoms with Crippen LogP contribution in [0.1, 0.15) is 92.4 Å². The van der Waals surface area contributed by atoms with Crippen LogP contribution in [-0.2, 0) is 0 Å². The van der Waals surface area contributed by atoms with Crippen molar-refractivity contribution in [3.63, 3.8) is 0 Å². The van der Waals surface area contributed by atoms with Crippen molar-refractivity contribution in [3.05, 3.63) is 23.8 Å². The van der Waals surface area contributed by atoms with Crippen LogP contribution in [0.2, 0.25) is 0 Å². The Morgan fingerprint density at radius 2 is 1.78 bits per heavy atom. The van der Waals surface area contributed by atoms with E-state index in [-0.39, 0.29) is 0 Å². The van der Waals surface area contributed by atoms with E-state index in [4.69, 9.17) is 4.99 Å². The first-order valence-corrected chi connectivity index (χ1v) is 11.6. The van der Waals surface area contributed by atoms with Crippen molar-refractivity contribution in [2.45, 2.75) is 92.4 Å². The molecule has 4 rings (SSSR count). The molecule has 150 valence electrons. The number of hydrogen-bond donors (Lipinski definition) is 0. The van der Waals surface area contributed by atoms with Crippen LogP contribution in [0, 0.1) is 34.0 Å². The molecule has 0 bridgehead atoms. The van der Waals surface area contributed by atoms with Crippen LogP contribution in [0.15, 0.2) is 28.8 Å². The van der Waals surface area contributed by atoms with Crippen molar-refractivity contribution < 1.29 is 0 Å². The molecule has 1 nitrogen and oxygen atoms in total. The average Bonchev–Trinajstić information content (AvgIpc) is 2.91. The van der Waals surface area contributed by atoms with Crippen LogP contribution in [0.3, 0.4) is 0 Å². The Hall–Kier alpha value is -0.850. The largest absolute Gasteiger partial charge is 0.290 e. The third-order valence-electron chi connectivity index (χ3n) is 9.98. The maximum absolute atomic E-state index is 4.96. The van der Waals surface area contributed by atoms with E-state index in [1.165, 1.54) is 69.1 Å². The van der Waals surface area contributed by atoms with Gasteiger partial charge in [0.25, 0.3) is 0 Å². The van der Waals surface area contributed by atoms with E-state index in [9.17, 15) is 0 Å². The molecule has 0 aromatic rings. The van der Waals surface area contributed by atoms with Gasteiger partial charge in [-0.1, -0.05) is 44.6 Å². The van der Waals surface area contributed by atoms with Gasteiger partial charge in [-0.2, -0.15) is 0 Å². The smallest absolute Gasteiger partial charge is 0.0593 e. The summed E-state index contributed by atoms with van der Waals surface area (Å²) in [5.41, 5.74) is 5.85. The van der Waals surface area contributed by atoms with Crippen LogP contribution in [-0.4, -0.2) is 12.3 Å². The summed E-state index contributed by atoms with van der Waals surface area (Å²) in [6.07, 6.45) is 15.2. The molecule has 4 aliphatic rings. The maximum atomic E-state index is 4.96. The van der Waals surface area contributed by atoms with Crippen LogP contribution in [0.4, 0.5) is 0 Å². The minimum atomic E-state index is 0.434. The Morgan fingerprint density at radius 1 is 1.04 bits per heavy atom. The minimum absolute atomic E-state index is 0.434. The van der Waals surface area contributed by atoms with Gasteiger partial charge in [-0.05, 0) is 99.7 Å². The van der Waals surface area contributed by atoms with Crippen molar-refractivity contribution in [1.82, 2.24) is 0 Å². The standard InChI is InChI=1S/C26H41N/c1-18(2)17-27-19(3)21-12-15-26(6)23-11-10-20-9-7-8-14-24(20,4)22(23)13-16-25(21,26)5/h9,21-23H,1,7-8,10-17H2,2-6H3. The lowest BCUT2D eigenvalue weighted by molar-refractivity contribution is -0.105. The van der Waals surface area contributed by atoms with Crippen molar-refractivity contribution in [2.24, 2.45) is 39.0 Å². The summed E-state index contributed by atoms with van der Waals surface area (Å²) in [5, 5.41) is 0. The summed E-state index contributed by atoms with van der Waals surface area (Å²) in [7, 11) is 0. The number of aliphatic imine (C=N–C) groups is 1. The zero-order valence-corrected chi connectivity index (χ0v) is 18.5. The van der Waals surface area contributed by atoms with Gasteiger partial charge < -0.3 is 0 Å². The fourth-order valence-corrected chi connectivity index (χ4v) is 8.20. The molecule has 0 N–H and O–H groups in total. The lowest BCUT2D eigenvalue weighted by Crippen LogP contribution is -2.55. The Kier molecular flexibility index (Phi) is 4.76. The Bertz CT molecular complexity index is 684. The van der Waals surface area contributed by atoms with E-state index < -0.39 is 0 Å². The Labute approximate surface area is 167 Å². The predicted octanol–water partition coefficient (Wildman–Crippen LogP) is 7.38. The second-order valence-corrected chi connectivity index (χ2v) is 11.2. The van der Waals surface area contributed by atoms with E-state index in [2.05, 4.69) is 47.3 Å². The molecule has 3 saturated carbocycles. The van der Waals surface area contributed by atoms with Gasteiger partial charge in [0.05, 0.1) is 6.54 Å². The number of nitrogens with zero attached hydrogens (tertiary/aromatic N) is 1. The summed E-state index contributed by atoms with van der Waals surface area (Å²) < 4.78 is 0. The highest BCUT2D eigenvalue weighted by Gasteiger charge is 2.64. The van der Waals surface area contributed by atoms with Gasteiger partial charge in [-0.25, -0.2) is 0 Å². The average molecular weight is 368 g/mol. The quantitative estimate of drug-likeness (QED) is 0.364. The molecule has 6 atom stereocenters. The first-order valence-electron chi connectivity index (χ1n) is 11.6. The third-order valence-corrected chi connectivity index (χ3v) is 9.98. The molecule has 0 heterocycles. The van der Waals surface area contributed by atoms with Gasteiger partial charge >= 0.3 is 0 Å². The molecule has 0 saturated heterocycles. The molecule has 1 heteroatoms. The SMILES string of the molecule is C=C(C)CN=C(C)C1CCC2(C)C3CCC4=CCCCC4(C)C3CCC12C. The van der Waals surface area contributed by atoms with Gasteiger partial charge in [0.15, 0.2) is 0 Å². The molecule has 0 aliphatic heterocycles. The minimum Gasteiger partial charge on any atom is -0.290 e. The lowest BCUT2D eigenvalue weighted by Gasteiger charge is -2.63. The van der Waals surface area contributed by atoms with Gasteiger partial charge in [-0.15, -0.1) is 0 Å². The number of allylic oxidation sites excluding steroid dienone is 2. The van der Waals surface area contributed by atoms with Crippen LogP contribution < -0.4 is 0 Å². The number of fused-ring (bicyclic) bond motifs is 5. The zero-order valence-electron chi connectivity index (χ0n) is 18.5. The van der Waals surface area contributed by atoms with E-state index in [0.29, 0.717) is 22.2 Å². The monoisotopic (exact) mass is 367 g/mol. The van der Waals surface area contributed by atoms with E-state index in [1.807, 2.05) is 5.57 Å². The third kappa shape index (κ3) is 2.74. The van der Waals surface area contributed by atoms with E-state index >= 15 is 0 Å². The topological polar surface area (TPSA) is 12.4 Å². The van der Waals surface area contributed by atoms with Crippen molar-refractivity contribution in [2.75, 3.05) is 6.54 Å². The van der Waals surface area contributed by atoms with Crippen molar-refractivity contribution in [3.8, 4) is 0 Å². The molecule has 0 radical (unpaired) electrons. The molecule has 6 unspecified atom stereocenters. The second kappa shape index (κ2) is 6.60. The highest BCUT2D eigenvalue weighted by Crippen LogP contribution is 2.72. The number of hydrogen-bond acceptors (Lipinski definition) is 1. The van der Waals surface area contributed by atoms with Gasteiger partial charge in [0, 0.05) is 11.6 Å². The fourth-order valence-electron chi connectivity index (χ4n) is 8.20. The summed E-state index contributed by atoms with van der Waals surface area (Å²) in [5.74, 6) is 2.51. The molecule has 0 aromatic heterocycles. The molecule has 3 fully saturated rings. The molecular formula is C26H41N. The second-order valence-electron chi connectivity index (χ2n) is 11.2. The lowest BCUT2D eigenvalue weighted by atomic mass is 9.42. The summed E-state index contributed by atoms with van der Waals surface area (Å²) in [6, 6.07) is 0. The van der Waals surface area contributed by atoms with Crippen LogP contribution in [0.5, 0.6) is 0 Å². The Balaban J connectivity index is 1.65.